The van der Waals surface area contributed by atoms with E-state index in [0.717, 1.165) is 56.2 Å². The minimum absolute atomic E-state index is 0.0941. The maximum atomic E-state index is 12.9. The minimum Gasteiger partial charge on any atom is -0.378 e. The van der Waals surface area contributed by atoms with Crippen LogP contribution >= 0.6 is 0 Å². The molecule has 0 spiro atoms. The van der Waals surface area contributed by atoms with E-state index in [-0.39, 0.29) is 5.91 Å². The van der Waals surface area contributed by atoms with Crippen molar-refractivity contribution in [1.82, 2.24) is 0 Å². The van der Waals surface area contributed by atoms with Gasteiger partial charge in [-0.15, -0.1) is 0 Å². The Labute approximate surface area is 142 Å². The smallest absolute Gasteiger partial charge is 0.258 e. The number of fused-ring (bicyclic) bond motifs is 1. The lowest BCUT2D eigenvalue weighted by molar-refractivity contribution is 0.0989. The van der Waals surface area contributed by atoms with Crippen molar-refractivity contribution in [3.05, 3.63) is 59.2 Å². The van der Waals surface area contributed by atoms with Crippen molar-refractivity contribution in [2.45, 2.75) is 13.3 Å². The molecular weight excluding hydrogens is 300 g/mol. The van der Waals surface area contributed by atoms with Crippen LogP contribution in [-0.2, 0) is 11.2 Å². The summed E-state index contributed by atoms with van der Waals surface area (Å²) in [4.78, 5) is 17.2. The first kappa shape index (κ1) is 15.2. The van der Waals surface area contributed by atoms with Gasteiger partial charge < -0.3 is 14.5 Å². The number of carbonyl (C=O) groups is 1. The number of rotatable bonds is 2. The van der Waals surface area contributed by atoms with E-state index in [0.29, 0.717) is 0 Å². The molecule has 1 fully saturated rings. The second-order valence-corrected chi connectivity index (χ2v) is 6.44. The fraction of sp³-hybridized carbons (Fsp3) is 0.350. The van der Waals surface area contributed by atoms with Crippen molar-refractivity contribution < 1.29 is 9.53 Å². The summed E-state index contributed by atoms with van der Waals surface area (Å²) in [5.74, 6) is 0.0941. The zero-order valence-corrected chi connectivity index (χ0v) is 14.0. The largest absolute Gasteiger partial charge is 0.378 e. The standard InChI is InChI=1S/C20H22N2O2/c1-15-3-2-4-16-9-10-22(19(15)16)20(23)17-5-7-18(8-6-17)21-11-13-24-14-12-21/h2-8H,9-14H2,1H3. The lowest BCUT2D eigenvalue weighted by Crippen LogP contribution is -2.36. The number of para-hydroxylation sites is 1. The molecular formula is C20H22N2O2. The molecule has 24 heavy (non-hydrogen) atoms. The van der Waals surface area contributed by atoms with E-state index in [4.69, 9.17) is 4.74 Å². The summed E-state index contributed by atoms with van der Waals surface area (Å²) in [6.45, 7) is 6.20. The van der Waals surface area contributed by atoms with Crippen molar-refractivity contribution in [3.8, 4) is 0 Å². The second kappa shape index (κ2) is 6.29. The van der Waals surface area contributed by atoms with E-state index in [1.165, 1.54) is 11.1 Å². The minimum atomic E-state index is 0.0941. The van der Waals surface area contributed by atoms with Gasteiger partial charge in [-0.1, -0.05) is 18.2 Å². The maximum Gasteiger partial charge on any atom is 0.258 e. The third-order valence-electron chi connectivity index (χ3n) is 4.93. The Hall–Kier alpha value is -2.33. The molecule has 0 bridgehead atoms. The second-order valence-electron chi connectivity index (χ2n) is 6.44. The third-order valence-corrected chi connectivity index (χ3v) is 4.93. The van der Waals surface area contributed by atoms with Crippen LogP contribution in [0.5, 0.6) is 0 Å². The van der Waals surface area contributed by atoms with E-state index in [1.54, 1.807) is 0 Å². The van der Waals surface area contributed by atoms with Gasteiger partial charge in [-0.25, -0.2) is 0 Å². The van der Waals surface area contributed by atoms with Crippen LogP contribution in [0.15, 0.2) is 42.5 Å². The fourth-order valence-electron chi connectivity index (χ4n) is 3.65. The summed E-state index contributed by atoms with van der Waals surface area (Å²) in [6, 6.07) is 14.3. The van der Waals surface area contributed by atoms with Gasteiger partial charge in [0, 0.05) is 30.9 Å². The molecule has 2 aliphatic rings. The Morgan fingerprint density at radius 1 is 1.00 bits per heavy atom. The first-order valence-electron chi connectivity index (χ1n) is 8.57. The van der Waals surface area contributed by atoms with Gasteiger partial charge in [0.15, 0.2) is 0 Å². The van der Waals surface area contributed by atoms with Crippen LogP contribution in [0.3, 0.4) is 0 Å². The van der Waals surface area contributed by atoms with Gasteiger partial charge in [0.2, 0.25) is 0 Å². The Balaban J connectivity index is 1.56. The quantitative estimate of drug-likeness (QED) is 0.852. The van der Waals surface area contributed by atoms with Gasteiger partial charge in [-0.2, -0.15) is 0 Å². The first-order valence-corrected chi connectivity index (χ1v) is 8.57. The number of hydrogen-bond acceptors (Lipinski definition) is 3. The molecule has 1 amide bonds. The molecule has 2 aromatic rings. The monoisotopic (exact) mass is 322 g/mol. The molecule has 4 heteroatoms. The molecule has 0 radical (unpaired) electrons. The molecule has 0 N–H and O–H groups in total. The summed E-state index contributed by atoms with van der Waals surface area (Å²) in [5.41, 5.74) is 5.45. The number of anilines is 2. The van der Waals surface area contributed by atoms with E-state index < -0.39 is 0 Å². The Bertz CT molecular complexity index is 749. The lowest BCUT2D eigenvalue weighted by atomic mass is 10.1. The predicted octanol–water partition coefficient (Wildman–Crippen LogP) is 3.03. The average Bonchev–Trinajstić information content (AvgIpc) is 3.07. The van der Waals surface area contributed by atoms with Crippen molar-refractivity contribution in [1.29, 1.82) is 0 Å². The molecule has 1 saturated heterocycles. The highest BCUT2D eigenvalue weighted by atomic mass is 16.5. The Morgan fingerprint density at radius 3 is 2.50 bits per heavy atom. The van der Waals surface area contributed by atoms with Crippen LogP contribution in [0, 0.1) is 6.92 Å². The SMILES string of the molecule is Cc1cccc2c1N(C(=O)c1ccc(N3CCOCC3)cc1)CC2. The number of morpholine rings is 1. The van der Waals surface area contributed by atoms with Crippen LogP contribution < -0.4 is 9.80 Å². The van der Waals surface area contributed by atoms with Gasteiger partial charge in [0.1, 0.15) is 0 Å². The first-order chi connectivity index (χ1) is 11.7. The summed E-state index contributed by atoms with van der Waals surface area (Å²) in [6.07, 6.45) is 0.939. The van der Waals surface area contributed by atoms with Gasteiger partial charge in [0.05, 0.1) is 18.9 Å². The van der Waals surface area contributed by atoms with Crippen molar-refractivity contribution in [3.63, 3.8) is 0 Å². The molecule has 2 aromatic carbocycles. The number of amides is 1. The molecule has 0 unspecified atom stereocenters. The highest BCUT2D eigenvalue weighted by Crippen LogP contribution is 2.32. The summed E-state index contributed by atoms with van der Waals surface area (Å²) in [5, 5.41) is 0. The molecule has 4 rings (SSSR count). The van der Waals surface area contributed by atoms with Crippen LogP contribution in [0.2, 0.25) is 0 Å². The van der Waals surface area contributed by atoms with Crippen molar-refractivity contribution >= 4 is 17.3 Å². The average molecular weight is 322 g/mol. The van der Waals surface area contributed by atoms with Crippen LogP contribution in [0.25, 0.3) is 0 Å². The molecule has 0 aliphatic carbocycles. The Morgan fingerprint density at radius 2 is 1.75 bits per heavy atom. The normalized spacial score (nSPS) is 17.0. The van der Waals surface area contributed by atoms with E-state index in [9.17, 15) is 4.79 Å². The molecule has 0 atom stereocenters. The fourth-order valence-corrected chi connectivity index (χ4v) is 3.65. The molecule has 0 saturated carbocycles. The molecule has 2 aliphatic heterocycles. The third kappa shape index (κ3) is 2.67. The highest BCUT2D eigenvalue weighted by Gasteiger charge is 2.26. The van der Waals surface area contributed by atoms with Crippen LogP contribution in [0.1, 0.15) is 21.5 Å². The van der Waals surface area contributed by atoms with Crippen LogP contribution in [-0.4, -0.2) is 38.8 Å². The van der Waals surface area contributed by atoms with Gasteiger partial charge in [0.25, 0.3) is 5.91 Å². The highest BCUT2D eigenvalue weighted by molar-refractivity contribution is 6.07. The van der Waals surface area contributed by atoms with Gasteiger partial charge in [-0.3, -0.25) is 4.79 Å². The zero-order chi connectivity index (χ0) is 16.5. The number of nitrogens with zero attached hydrogens (tertiary/aromatic N) is 2. The Kier molecular flexibility index (Phi) is 3.98. The van der Waals surface area contributed by atoms with Crippen LogP contribution in [0.4, 0.5) is 11.4 Å². The number of carbonyl (C=O) groups excluding carboxylic acids is 1. The molecule has 124 valence electrons. The lowest BCUT2D eigenvalue weighted by Gasteiger charge is -2.29. The number of benzene rings is 2. The van der Waals surface area contributed by atoms with E-state index in [1.807, 2.05) is 29.2 Å². The molecule has 2 heterocycles. The van der Waals surface area contributed by atoms with E-state index in [2.05, 4.69) is 30.0 Å². The number of ether oxygens (including phenoxy) is 1. The van der Waals surface area contributed by atoms with Crippen molar-refractivity contribution in [2.75, 3.05) is 42.6 Å². The zero-order valence-electron chi connectivity index (χ0n) is 14.0. The number of aryl methyl sites for hydroxylation is 1. The molecule has 4 nitrogen and oxygen atoms in total. The predicted molar refractivity (Wildman–Crippen MR) is 96.0 cm³/mol. The maximum absolute atomic E-state index is 12.9. The van der Waals surface area contributed by atoms with Crippen molar-refractivity contribution in [2.24, 2.45) is 0 Å². The summed E-state index contributed by atoms with van der Waals surface area (Å²) < 4.78 is 5.39. The van der Waals surface area contributed by atoms with E-state index >= 15 is 0 Å². The summed E-state index contributed by atoms with van der Waals surface area (Å²) >= 11 is 0. The molecule has 0 aromatic heterocycles. The topological polar surface area (TPSA) is 32.8 Å². The van der Waals surface area contributed by atoms with Gasteiger partial charge >= 0.3 is 0 Å². The summed E-state index contributed by atoms with van der Waals surface area (Å²) in [7, 11) is 0. The van der Waals surface area contributed by atoms with Gasteiger partial charge in [-0.05, 0) is 48.7 Å². The number of hydrogen-bond donors (Lipinski definition) is 0.